The van der Waals surface area contributed by atoms with Crippen LogP contribution in [0.15, 0.2) is 59.0 Å². The summed E-state index contributed by atoms with van der Waals surface area (Å²) < 4.78 is 19.2. The summed E-state index contributed by atoms with van der Waals surface area (Å²) in [4.78, 5) is 17.4. The summed E-state index contributed by atoms with van der Waals surface area (Å²) in [6.45, 7) is 6.38. The van der Waals surface area contributed by atoms with Crippen LogP contribution in [0.5, 0.6) is 0 Å². The second-order valence-corrected chi connectivity index (χ2v) is 8.18. The normalized spacial score (nSPS) is 17.3. The molecule has 4 rings (SSSR count). The van der Waals surface area contributed by atoms with Crippen molar-refractivity contribution in [2.75, 3.05) is 32.7 Å². The molecule has 1 aliphatic rings. The number of halogens is 1. The average Bonchev–Trinajstić information content (AvgIpc) is 3.20. The second-order valence-electron chi connectivity index (χ2n) is 8.18. The van der Waals surface area contributed by atoms with E-state index in [-0.39, 0.29) is 11.7 Å². The maximum absolute atomic E-state index is 13.4. The number of hydrogen-bond acceptors (Lipinski definition) is 3. The van der Waals surface area contributed by atoms with Gasteiger partial charge in [0.1, 0.15) is 11.4 Å². The van der Waals surface area contributed by atoms with Crippen molar-refractivity contribution < 1.29 is 13.6 Å². The van der Waals surface area contributed by atoms with E-state index < -0.39 is 0 Å². The van der Waals surface area contributed by atoms with Crippen LogP contribution in [0.1, 0.15) is 35.9 Å². The SMILES string of the molecule is CCN(C[C@@H]1CCCN(CCc2cccc(F)c2)C1)C(=O)c1cc2ccccc2o1. The summed E-state index contributed by atoms with van der Waals surface area (Å²) in [7, 11) is 0. The molecule has 1 aliphatic heterocycles. The van der Waals surface area contributed by atoms with Crippen molar-refractivity contribution >= 4 is 16.9 Å². The predicted molar refractivity (Wildman–Crippen MR) is 117 cm³/mol. The molecule has 3 aromatic rings. The summed E-state index contributed by atoms with van der Waals surface area (Å²) in [5.41, 5.74) is 1.78. The van der Waals surface area contributed by atoms with E-state index in [9.17, 15) is 9.18 Å². The van der Waals surface area contributed by atoms with Gasteiger partial charge < -0.3 is 14.2 Å². The van der Waals surface area contributed by atoms with Crippen LogP contribution in [0.4, 0.5) is 4.39 Å². The lowest BCUT2D eigenvalue weighted by molar-refractivity contribution is 0.0662. The number of fused-ring (bicyclic) bond motifs is 1. The quantitative estimate of drug-likeness (QED) is 0.553. The average molecular weight is 409 g/mol. The number of rotatable bonds is 7. The molecule has 0 N–H and O–H groups in total. The van der Waals surface area contributed by atoms with Crippen molar-refractivity contribution in [2.24, 2.45) is 5.92 Å². The third-order valence-electron chi connectivity index (χ3n) is 5.99. The van der Waals surface area contributed by atoms with Crippen molar-refractivity contribution in [3.8, 4) is 0 Å². The number of nitrogens with zero attached hydrogens (tertiary/aromatic N) is 2. The molecule has 2 heterocycles. The lowest BCUT2D eigenvalue weighted by Gasteiger charge is -2.35. The Bertz CT molecular complexity index is 966. The van der Waals surface area contributed by atoms with Crippen LogP contribution in [-0.4, -0.2) is 48.4 Å². The Hall–Kier alpha value is -2.66. The van der Waals surface area contributed by atoms with Gasteiger partial charge in [-0.05, 0) is 68.5 Å². The van der Waals surface area contributed by atoms with E-state index in [0.717, 1.165) is 62.0 Å². The van der Waals surface area contributed by atoms with Gasteiger partial charge >= 0.3 is 0 Å². The van der Waals surface area contributed by atoms with Crippen LogP contribution in [-0.2, 0) is 6.42 Å². The maximum Gasteiger partial charge on any atom is 0.289 e. The number of likely N-dealkylation sites (tertiary alicyclic amines) is 1. The van der Waals surface area contributed by atoms with Gasteiger partial charge in [0.05, 0.1) is 0 Å². The molecule has 5 heteroatoms. The molecule has 0 saturated carbocycles. The van der Waals surface area contributed by atoms with Crippen LogP contribution in [0.2, 0.25) is 0 Å². The second kappa shape index (κ2) is 9.43. The van der Waals surface area contributed by atoms with E-state index in [4.69, 9.17) is 4.42 Å². The molecule has 158 valence electrons. The largest absolute Gasteiger partial charge is 0.451 e. The minimum absolute atomic E-state index is 0.0365. The van der Waals surface area contributed by atoms with Crippen LogP contribution in [0, 0.1) is 11.7 Å². The topological polar surface area (TPSA) is 36.7 Å². The Kier molecular flexibility index (Phi) is 6.48. The minimum Gasteiger partial charge on any atom is -0.451 e. The van der Waals surface area contributed by atoms with Gasteiger partial charge in [-0.15, -0.1) is 0 Å². The molecule has 1 aromatic heterocycles. The fourth-order valence-corrected chi connectivity index (χ4v) is 4.39. The highest BCUT2D eigenvalue weighted by atomic mass is 19.1. The minimum atomic E-state index is -0.174. The van der Waals surface area contributed by atoms with E-state index in [1.165, 1.54) is 6.07 Å². The number of carbonyl (C=O) groups is 1. The fraction of sp³-hybridized carbons (Fsp3) is 0.400. The molecule has 30 heavy (non-hydrogen) atoms. The molecule has 0 aliphatic carbocycles. The molecule has 1 fully saturated rings. The third kappa shape index (κ3) is 4.90. The Balaban J connectivity index is 1.35. The van der Waals surface area contributed by atoms with Crippen molar-refractivity contribution in [1.29, 1.82) is 0 Å². The molecule has 1 amide bonds. The monoisotopic (exact) mass is 408 g/mol. The lowest BCUT2D eigenvalue weighted by atomic mass is 9.96. The summed E-state index contributed by atoms with van der Waals surface area (Å²) >= 11 is 0. The van der Waals surface area contributed by atoms with Gasteiger partial charge in [-0.1, -0.05) is 30.3 Å². The van der Waals surface area contributed by atoms with Crippen molar-refractivity contribution in [1.82, 2.24) is 9.80 Å². The molecule has 0 spiro atoms. The molecular formula is C25H29FN2O2. The van der Waals surface area contributed by atoms with E-state index >= 15 is 0 Å². The van der Waals surface area contributed by atoms with Gasteiger partial charge in [0, 0.05) is 31.6 Å². The highest BCUT2D eigenvalue weighted by molar-refractivity contribution is 5.96. The number of para-hydroxylation sites is 1. The highest BCUT2D eigenvalue weighted by Gasteiger charge is 2.25. The first kappa shape index (κ1) is 20.6. The van der Waals surface area contributed by atoms with Crippen LogP contribution in [0.25, 0.3) is 11.0 Å². The summed E-state index contributed by atoms with van der Waals surface area (Å²) in [6, 6.07) is 16.4. The van der Waals surface area contributed by atoms with Gasteiger partial charge in [-0.25, -0.2) is 4.39 Å². The maximum atomic E-state index is 13.4. The molecule has 0 unspecified atom stereocenters. The predicted octanol–water partition coefficient (Wildman–Crippen LogP) is 4.99. The van der Waals surface area contributed by atoms with E-state index in [0.29, 0.717) is 18.2 Å². The smallest absolute Gasteiger partial charge is 0.289 e. The van der Waals surface area contributed by atoms with E-state index in [1.54, 1.807) is 12.1 Å². The number of piperidine rings is 1. The van der Waals surface area contributed by atoms with Crippen LogP contribution in [0.3, 0.4) is 0 Å². The number of carbonyl (C=O) groups excluding carboxylic acids is 1. The first-order valence-electron chi connectivity index (χ1n) is 10.9. The van der Waals surface area contributed by atoms with Crippen molar-refractivity contribution in [2.45, 2.75) is 26.2 Å². The van der Waals surface area contributed by atoms with Gasteiger partial charge in [0.15, 0.2) is 5.76 Å². The number of hydrogen-bond donors (Lipinski definition) is 0. The van der Waals surface area contributed by atoms with Gasteiger partial charge in [-0.2, -0.15) is 0 Å². The molecule has 2 aromatic carbocycles. The zero-order chi connectivity index (χ0) is 20.9. The van der Waals surface area contributed by atoms with E-state index in [1.807, 2.05) is 48.2 Å². The van der Waals surface area contributed by atoms with Crippen molar-refractivity contribution in [3.63, 3.8) is 0 Å². The van der Waals surface area contributed by atoms with Crippen LogP contribution < -0.4 is 0 Å². The van der Waals surface area contributed by atoms with Gasteiger partial charge in [0.2, 0.25) is 0 Å². The zero-order valence-corrected chi connectivity index (χ0v) is 17.5. The van der Waals surface area contributed by atoms with Gasteiger partial charge in [-0.3, -0.25) is 4.79 Å². The summed E-state index contributed by atoms with van der Waals surface area (Å²) in [5, 5.41) is 0.957. The van der Waals surface area contributed by atoms with Crippen LogP contribution >= 0.6 is 0 Å². The summed E-state index contributed by atoms with van der Waals surface area (Å²) in [5.74, 6) is 0.647. The first-order chi connectivity index (χ1) is 14.6. The van der Waals surface area contributed by atoms with Crippen molar-refractivity contribution in [3.05, 3.63) is 71.7 Å². The number of amides is 1. The standard InChI is InChI=1S/C25H29FN2O2/c1-2-28(25(29)24-16-21-9-3-4-11-23(21)30-24)18-20-8-6-13-27(17-20)14-12-19-7-5-10-22(26)15-19/h3-5,7,9-11,15-16,20H,2,6,8,12-14,17-18H2,1H3/t20-/m1/s1. The Labute approximate surface area is 177 Å². The fourth-order valence-electron chi connectivity index (χ4n) is 4.39. The molecular weight excluding hydrogens is 379 g/mol. The number of furan rings is 1. The highest BCUT2D eigenvalue weighted by Crippen LogP contribution is 2.22. The Morgan fingerprint density at radius 2 is 2.07 bits per heavy atom. The summed E-state index contributed by atoms with van der Waals surface area (Å²) in [6.07, 6.45) is 3.10. The molecule has 4 nitrogen and oxygen atoms in total. The Morgan fingerprint density at radius 3 is 2.87 bits per heavy atom. The lowest BCUT2D eigenvalue weighted by Crippen LogP contribution is -2.43. The number of benzene rings is 2. The molecule has 1 saturated heterocycles. The Morgan fingerprint density at radius 1 is 1.20 bits per heavy atom. The van der Waals surface area contributed by atoms with E-state index in [2.05, 4.69) is 4.90 Å². The zero-order valence-electron chi connectivity index (χ0n) is 17.5. The third-order valence-corrected chi connectivity index (χ3v) is 5.99. The van der Waals surface area contributed by atoms with Gasteiger partial charge in [0.25, 0.3) is 5.91 Å². The molecule has 1 atom stereocenters. The first-order valence-corrected chi connectivity index (χ1v) is 10.9. The molecule has 0 radical (unpaired) electrons. The molecule has 0 bridgehead atoms.